The number of benzene rings is 2. The molecule has 10 heteroatoms. The second-order valence-corrected chi connectivity index (χ2v) is 7.96. The molecule has 0 amide bonds. The average molecular weight is 465 g/mol. The Labute approximate surface area is 194 Å². The molecule has 3 atom stereocenters. The summed E-state index contributed by atoms with van der Waals surface area (Å²) in [4.78, 5) is 38.2. The average Bonchev–Trinajstić information content (AvgIpc) is 3.33. The summed E-state index contributed by atoms with van der Waals surface area (Å²) < 4.78 is 15.7. The third-order valence-corrected chi connectivity index (χ3v) is 6.23. The Hall–Kier alpha value is -4.21. The van der Waals surface area contributed by atoms with Crippen molar-refractivity contribution in [3.05, 3.63) is 65.4 Å². The van der Waals surface area contributed by atoms with E-state index in [1.807, 2.05) is 6.07 Å². The van der Waals surface area contributed by atoms with Crippen molar-refractivity contribution in [1.82, 2.24) is 15.6 Å². The molecular formula is C24H23N3O7. The van der Waals surface area contributed by atoms with Crippen molar-refractivity contribution in [3.63, 3.8) is 0 Å². The van der Waals surface area contributed by atoms with E-state index in [9.17, 15) is 19.5 Å². The molecule has 2 N–H and O–H groups in total. The van der Waals surface area contributed by atoms with Crippen molar-refractivity contribution < 1.29 is 33.6 Å². The van der Waals surface area contributed by atoms with Crippen LogP contribution < -0.4 is 10.1 Å². The van der Waals surface area contributed by atoms with Gasteiger partial charge in [-0.05, 0) is 41.0 Å². The van der Waals surface area contributed by atoms with E-state index in [1.165, 1.54) is 7.11 Å². The third kappa shape index (κ3) is 3.76. The second-order valence-electron chi connectivity index (χ2n) is 7.96. The molecule has 0 saturated heterocycles. The molecule has 1 aliphatic rings. The van der Waals surface area contributed by atoms with E-state index in [4.69, 9.17) is 14.1 Å². The number of rotatable bonds is 8. The lowest BCUT2D eigenvalue weighted by molar-refractivity contribution is -0.156. The largest absolute Gasteiger partial charge is 0.494 e. The van der Waals surface area contributed by atoms with Crippen LogP contribution in [0, 0.1) is 5.41 Å². The van der Waals surface area contributed by atoms with E-state index in [0.29, 0.717) is 34.3 Å². The topological polar surface area (TPSA) is 141 Å². The van der Waals surface area contributed by atoms with Crippen molar-refractivity contribution in [1.29, 1.82) is 0 Å². The van der Waals surface area contributed by atoms with Gasteiger partial charge in [0.1, 0.15) is 28.5 Å². The number of para-hydroxylation sites is 1. The number of nitrogens with one attached hydrogen (secondary N) is 1. The first-order valence-electron chi connectivity index (χ1n) is 10.6. The van der Waals surface area contributed by atoms with Gasteiger partial charge in [0.2, 0.25) is 0 Å². The quantitative estimate of drug-likeness (QED) is 0.376. The Morgan fingerprint density at radius 3 is 2.62 bits per heavy atom. The Morgan fingerprint density at radius 1 is 1.18 bits per heavy atom. The zero-order valence-electron chi connectivity index (χ0n) is 18.6. The minimum atomic E-state index is -1.81. The number of hydrogen-bond donors (Lipinski definition) is 2. The summed E-state index contributed by atoms with van der Waals surface area (Å²) in [6.07, 6.45) is 0.441. The summed E-state index contributed by atoms with van der Waals surface area (Å²) in [5, 5.41) is 21.3. The number of esters is 1. The fourth-order valence-corrected chi connectivity index (χ4v) is 4.64. The molecule has 3 aromatic rings. The molecule has 0 spiro atoms. The molecule has 1 aliphatic heterocycles. The highest BCUT2D eigenvalue weighted by molar-refractivity contribution is 5.97. The first kappa shape index (κ1) is 23.0. The van der Waals surface area contributed by atoms with Crippen LogP contribution in [0.25, 0.3) is 11.0 Å². The van der Waals surface area contributed by atoms with Gasteiger partial charge in [-0.3, -0.25) is 4.79 Å². The molecule has 4 rings (SSSR count). The van der Waals surface area contributed by atoms with Crippen LogP contribution in [-0.2, 0) is 19.1 Å². The van der Waals surface area contributed by atoms with E-state index in [-0.39, 0.29) is 18.6 Å². The molecule has 2 heterocycles. The van der Waals surface area contributed by atoms with Crippen molar-refractivity contribution >= 4 is 29.3 Å². The van der Waals surface area contributed by atoms with Crippen LogP contribution in [0.1, 0.15) is 24.8 Å². The maximum Gasteiger partial charge on any atom is 0.336 e. The predicted molar refractivity (Wildman–Crippen MR) is 119 cm³/mol. The summed E-state index contributed by atoms with van der Waals surface area (Å²) in [7, 11) is 1.21. The molecule has 3 unspecified atom stereocenters. The maximum atomic E-state index is 13.0. The minimum Gasteiger partial charge on any atom is -0.494 e. The van der Waals surface area contributed by atoms with Crippen LogP contribution in [0.5, 0.6) is 5.75 Å². The molecule has 176 valence electrons. The second kappa shape index (κ2) is 9.34. The highest BCUT2D eigenvalue weighted by atomic mass is 16.6. The van der Waals surface area contributed by atoms with E-state index in [1.54, 1.807) is 49.4 Å². The van der Waals surface area contributed by atoms with Gasteiger partial charge in [-0.15, -0.1) is 0 Å². The Morgan fingerprint density at radius 2 is 1.94 bits per heavy atom. The molecule has 10 nitrogen and oxygen atoms in total. The fourth-order valence-electron chi connectivity index (χ4n) is 4.64. The van der Waals surface area contributed by atoms with Crippen LogP contribution in [0.4, 0.5) is 0 Å². The highest BCUT2D eigenvalue weighted by Gasteiger charge is 2.58. The molecule has 0 saturated carbocycles. The Balaban J connectivity index is 1.90. The van der Waals surface area contributed by atoms with Crippen molar-refractivity contribution in [2.75, 3.05) is 13.7 Å². The van der Waals surface area contributed by atoms with Gasteiger partial charge >= 0.3 is 11.9 Å². The number of carboxylic acid groups (broad SMARTS) is 1. The van der Waals surface area contributed by atoms with Gasteiger partial charge in [-0.1, -0.05) is 30.3 Å². The summed E-state index contributed by atoms with van der Waals surface area (Å²) in [6, 6.07) is 12.7. The monoisotopic (exact) mass is 465 g/mol. The molecule has 34 heavy (non-hydrogen) atoms. The molecule has 0 aliphatic carbocycles. The molecule has 2 aromatic carbocycles. The molecule has 1 aromatic heterocycles. The van der Waals surface area contributed by atoms with Crippen LogP contribution in [0.3, 0.4) is 0 Å². The molecular weight excluding hydrogens is 442 g/mol. The summed E-state index contributed by atoms with van der Waals surface area (Å²) in [5.41, 5.74) is -0.328. The number of nitrogens with zero attached hydrogens (tertiary/aromatic N) is 2. The lowest BCUT2D eigenvalue weighted by atomic mass is 9.60. The number of fused-ring (bicyclic) bond motifs is 1. The van der Waals surface area contributed by atoms with Crippen LogP contribution in [0.2, 0.25) is 0 Å². The normalized spacial score (nSPS) is 22.2. The molecule has 0 bridgehead atoms. The number of aliphatic carboxylic acids is 1. The SMILES string of the molecule is COC(=O)C1=C(C)NC(C=O)C(CCOc2ccccc2)(C(=O)O)C1c1cccc2nonc12. The zero-order chi connectivity index (χ0) is 24.3. The first-order valence-corrected chi connectivity index (χ1v) is 10.6. The Bertz CT molecular complexity index is 1250. The van der Waals surface area contributed by atoms with Crippen molar-refractivity contribution in [2.45, 2.75) is 25.3 Å². The van der Waals surface area contributed by atoms with Gasteiger partial charge in [0.05, 0.1) is 25.3 Å². The number of carbonyl (C=O) groups is 3. The minimum absolute atomic E-state index is 0.0284. The number of aldehydes is 1. The van der Waals surface area contributed by atoms with Crippen LogP contribution >= 0.6 is 0 Å². The Kier molecular flexibility index (Phi) is 6.31. The number of ether oxygens (including phenoxy) is 2. The number of methoxy groups -OCH3 is 1. The number of carboxylic acids is 1. The summed E-state index contributed by atoms with van der Waals surface area (Å²) >= 11 is 0. The lowest BCUT2D eigenvalue weighted by Gasteiger charge is -2.46. The fraction of sp³-hybridized carbons (Fsp3) is 0.292. The van der Waals surface area contributed by atoms with Gasteiger partial charge in [0.25, 0.3) is 0 Å². The third-order valence-electron chi connectivity index (χ3n) is 6.23. The van der Waals surface area contributed by atoms with Gasteiger partial charge in [0.15, 0.2) is 0 Å². The zero-order valence-corrected chi connectivity index (χ0v) is 18.6. The summed E-state index contributed by atoms with van der Waals surface area (Å²) in [5.74, 6) is -2.55. The number of allylic oxidation sites excluding steroid dienone is 1. The van der Waals surface area contributed by atoms with E-state index in [0.717, 1.165) is 0 Å². The number of aromatic nitrogens is 2. The van der Waals surface area contributed by atoms with E-state index >= 15 is 0 Å². The van der Waals surface area contributed by atoms with E-state index in [2.05, 4.69) is 15.6 Å². The van der Waals surface area contributed by atoms with Gasteiger partial charge in [-0.2, -0.15) is 0 Å². The van der Waals surface area contributed by atoms with Crippen molar-refractivity contribution in [3.8, 4) is 5.75 Å². The van der Waals surface area contributed by atoms with Crippen LogP contribution in [0.15, 0.2) is 64.4 Å². The standard InChI is InChI=1S/C24H23N3O7/c1-14-19(22(29)32-2)20(16-9-6-10-17-21(16)27-34-26-17)24(23(30)31,18(13-28)25-14)11-12-33-15-7-4-3-5-8-15/h3-10,13,18,20,25H,11-12H2,1-2H3,(H,30,31). The first-order chi connectivity index (χ1) is 16.4. The summed E-state index contributed by atoms with van der Waals surface area (Å²) in [6.45, 7) is 1.57. The lowest BCUT2D eigenvalue weighted by Crippen LogP contribution is -2.59. The highest BCUT2D eigenvalue weighted by Crippen LogP contribution is 2.51. The maximum absolute atomic E-state index is 13.0. The van der Waals surface area contributed by atoms with Gasteiger partial charge < -0.3 is 24.7 Å². The van der Waals surface area contributed by atoms with Crippen LogP contribution in [-0.4, -0.2) is 53.4 Å². The number of carbonyl (C=O) groups excluding carboxylic acids is 2. The smallest absolute Gasteiger partial charge is 0.336 e. The van der Waals surface area contributed by atoms with Gasteiger partial charge in [-0.25, -0.2) is 9.42 Å². The number of hydrogen-bond acceptors (Lipinski definition) is 9. The molecule has 0 radical (unpaired) electrons. The molecule has 0 fully saturated rings. The van der Waals surface area contributed by atoms with Crippen molar-refractivity contribution in [2.24, 2.45) is 5.41 Å². The van der Waals surface area contributed by atoms with Gasteiger partial charge in [0, 0.05) is 18.0 Å². The van der Waals surface area contributed by atoms with E-state index < -0.39 is 29.3 Å². The predicted octanol–water partition coefficient (Wildman–Crippen LogP) is 2.46.